The third-order valence-corrected chi connectivity index (χ3v) is 8.87. The molecule has 0 radical (unpaired) electrons. The molecule has 1 fully saturated rings. The van der Waals surface area contributed by atoms with Crippen LogP contribution in [0.5, 0.6) is 0 Å². The van der Waals surface area contributed by atoms with Gasteiger partial charge in [0.2, 0.25) is 0 Å². The highest BCUT2D eigenvalue weighted by atomic mass is 79.9. The molecular weight excluding hydrogens is 398 g/mol. The molecule has 8 heteroatoms. The fourth-order valence-corrected chi connectivity index (χ4v) is 6.14. The smallest absolute Gasteiger partial charge is 0.264 e. The van der Waals surface area contributed by atoms with E-state index >= 15 is 0 Å². The van der Waals surface area contributed by atoms with Gasteiger partial charge in [0.15, 0.2) is 26.6 Å². The van der Waals surface area contributed by atoms with Crippen molar-refractivity contribution in [3.05, 3.63) is 23.9 Å². The van der Waals surface area contributed by atoms with Gasteiger partial charge in [-0.25, -0.2) is 8.42 Å². The predicted octanol–water partition coefficient (Wildman–Crippen LogP) is 2.15. The number of ether oxygens (including phenoxy) is 1. The number of rotatable bonds is 4. The Morgan fingerprint density at radius 1 is 1.46 bits per heavy atom. The minimum absolute atomic E-state index is 0.0541. The van der Waals surface area contributed by atoms with Crippen molar-refractivity contribution < 1.29 is 22.7 Å². The van der Waals surface area contributed by atoms with Crippen LogP contribution in [0.3, 0.4) is 0 Å². The van der Waals surface area contributed by atoms with Crippen molar-refractivity contribution in [3.8, 4) is 0 Å². The van der Waals surface area contributed by atoms with Gasteiger partial charge < -0.3 is 4.74 Å². The molecule has 24 heavy (non-hydrogen) atoms. The molecule has 0 aliphatic carbocycles. The van der Waals surface area contributed by atoms with Crippen molar-refractivity contribution in [3.63, 3.8) is 0 Å². The molecule has 1 unspecified atom stereocenters. The van der Waals surface area contributed by atoms with Crippen molar-refractivity contribution in [1.29, 1.82) is 0 Å². The van der Waals surface area contributed by atoms with Crippen molar-refractivity contribution in [2.75, 3.05) is 7.11 Å². The maximum Gasteiger partial charge on any atom is 0.264 e. The highest BCUT2D eigenvalue weighted by Crippen LogP contribution is 2.50. The van der Waals surface area contributed by atoms with Gasteiger partial charge >= 0.3 is 0 Å². The molecule has 0 spiro atoms. The van der Waals surface area contributed by atoms with Crippen LogP contribution in [0.25, 0.3) is 0 Å². The molecule has 0 N–H and O–H groups in total. The van der Waals surface area contributed by atoms with Crippen LogP contribution in [0, 0.1) is 5.41 Å². The van der Waals surface area contributed by atoms with Crippen LogP contribution in [-0.2, 0) is 24.2 Å². The Morgan fingerprint density at radius 3 is 2.42 bits per heavy atom. The van der Waals surface area contributed by atoms with Gasteiger partial charge in [-0.05, 0) is 12.5 Å². The zero-order chi connectivity index (χ0) is 18.7. The average Bonchev–Trinajstić information content (AvgIpc) is 2.48. The number of carbonyl (C=O) groups is 2. The minimum Gasteiger partial charge on any atom is -0.365 e. The quantitative estimate of drug-likeness (QED) is 0.396. The molecule has 6 nitrogen and oxygen atoms in total. The number of alkyl halides is 1. The van der Waals surface area contributed by atoms with Gasteiger partial charge in [-0.3, -0.25) is 14.5 Å². The Morgan fingerprint density at radius 2 is 2.00 bits per heavy atom. The Kier molecular flexibility index (Phi) is 4.65. The van der Waals surface area contributed by atoms with E-state index in [1.54, 1.807) is 27.7 Å². The first-order chi connectivity index (χ1) is 10.9. The normalized spacial score (nSPS) is 32.2. The van der Waals surface area contributed by atoms with Gasteiger partial charge in [-0.1, -0.05) is 42.8 Å². The van der Waals surface area contributed by atoms with Crippen LogP contribution >= 0.6 is 15.9 Å². The van der Waals surface area contributed by atoms with Crippen LogP contribution in [0.4, 0.5) is 0 Å². The van der Waals surface area contributed by atoms with Crippen LogP contribution in [0.15, 0.2) is 23.9 Å². The average molecular weight is 420 g/mol. The number of β-lactam (4-membered cyclic amide) rings is 1. The minimum atomic E-state index is -3.80. The lowest BCUT2D eigenvalue weighted by Crippen LogP contribution is -2.79. The molecule has 2 aliphatic rings. The molecule has 0 aromatic carbocycles. The Bertz CT molecular complexity index is 749. The molecule has 0 aromatic rings. The first kappa shape index (κ1) is 19.3. The largest absolute Gasteiger partial charge is 0.365 e. The number of halogens is 1. The number of amides is 1. The number of fused-ring (bicyclic) bond motifs is 1. The first-order valence-electron chi connectivity index (χ1n) is 7.50. The van der Waals surface area contributed by atoms with Gasteiger partial charge in [0.25, 0.3) is 5.91 Å². The van der Waals surface area contributed by atoms with Gasteiger partial charge in [0, 0.05) is 18.9 Å². The molecule has 0 bridgehead atoms. The van der Waals surface area contributed by atoms with Gasteiger partial charge in [-0.15, -0.1) is 6.58 Å². The lowest BCUT2D eigenvalue weighted by Gasteiger charge is -2.57. The summed E-state index contributed by atoms with van der Waals surface area (Å²) in [6, 6.07) is 0. The van der Waals surface area contributed by atoms with E-state index in [4.69, 9.17) is 4.74 Å². The Hall–Kier alpha value is -0.990. The second-order valence-corrected chi connectivity index (χ2v) is 10.7. The summed E-state index contributed by atoms with van der Waals surface area (Å²) in [4.78, 5) is 26.7. The summed E-state index contributed by atoms with van der Waals surface area (Å²) in [5, 5.41) is -1.24. The van der Waals surface area contributed by atoms with Crippen LogP contribution in [-0.4, -0.2) is 47.3 Å². The highest BCUT2D eigenvalue weighted by Gasteiger charge is 2.71. The Balaban J connectivity index is 2.71. The highest BCUT2D eigenvalue weighted by molar-refractivity contribution is 9.11. The molecule has 3 atom stereocenters. The van der Waals surface area contributed by atoms with E-state index in [-0.39, 0.29) is 17.9 Å². The molecule has 2 aliphatic heterocycles. The number of hydrogen-bond acceptors (Lipinski definition) is 5. The summed E-state index contributed by atoms with van der Waals surface area (Å²) in [5.74, 6) is -0.800. The second kappa shape index (κ2) is 5.78. The second-order valence-electron chi connectivity index (χ2n) is 7.13. The van der Waals surface area contributed by atoms with Crippen LogP contribution < -0.4 is 0 Å². The SMILES string of the molecule is C=CC[C@@]1(OC)C(=O)N2C(C(=O)C(C)(C)C)=C(C)C(Br)S(=O)(=O)[C@@H]21. The van der Waals surface area contributed by atoms with E-state index in [0.717, 1.165) is 4.90 Å². The molecule has 0 saturated carbocycles. The number of Topliss-reactive ketones (excluding diaryl/α,β-unsaturated/α-hetero) is 1. The number of allylic oxidation sites excluding steroid dienone is 1. The third kappa shape index (κ3) is 2.34. The standard InChI is InChI=1S/C16H22BrNO5S/c1-7-8-16(23-6)13(20)18-10(11(19)15(3,4)5)9(2)12(17)24(21,22)14(16)18/h7,12,14H,1,8H2,2-6H3/t12?,14-,16-/m1/s1. The molecule has 2 heterocycles. The number of sulfone groups is 1. The van der Waals surface area contributed by atoms with Crippen LogP contribution in [0.1, 0.15) is 34.1 Å². The predicted molar refractivity (Wildman–Crippen MR) is 94.0 cm³/mol. The zero-order valence-electron chi connectivity index (χ0n) is 14.4. The fraction of sp³-hybridized carbons (Fsp3) is 0.625. The van der Waals surface area contributed by atoms with Crippen molar-refractivity contribution >= 4 is 37.5 Å². The fourth-order valence-electron chi connectivity index (χ4n) is 3.16. The van der Waals surface area contributed by atoms with Gasteiger partial charge in [0.05, 0.1) is 5.70 Å². The number of carbonyl (C=O) groups excluding carboxylic acids is 2. The molecular formula is C16H22BrNO5S. The van der Waals surface area contributed by atoms with E-state index in [2.05, 4.69) is 22.5 Å². The van der Waals surface area contributed by atoms with Gasteiger partial charge in [0.1, 0.15) is 4.16 Å². The zero-order valence-corrected chi connectivity index (χ0v) is 16.8. The molecule has 0 aromatic heterocycles. The van der Waals surface area contributed by atoms with E-state index in [1.165, 1.54) is 13.2 Å². The first-order valence-corrected chi connectivity index (χ1v) is 10.0. The number of nitrogens with zero attached hydrogens (tertiary/aromatic N) is 1. The lowest BCUT2D eigenvalue weighted by molar-refractivity contribution is -0.183. The van der Waals surface area contributed by atoms with E-state index in [9.17, 15) is 18.0 Å². The summed E-state index contributed by atoms with van der Waals surface area (Å²) in [6.45, 7) is 10.3. The maximum atomic E-state index is 12.9. The maximum absolute atomic E-state index is 12.9. The third-order valence-electron chi connectivity index (χ3n) is 4.48. The monoisotopic (exact) mass is 419 g/mol. The number of methoxy groups -OCH3 is 1. The van der Waals surface area contributed by atoms with Crippen LogP contribution in [0.2, 0.25) is 0 Å². The van der Waals surface area contributed by atoms with E-state index in [1.807, 2.05) is 0 Å². The van der Waals surface area contributed by atoms with Gasteiger partial charge in [-0.2, -0.15) is 0 Å². The summed E-state index contributed by atoms with van der Waals surface area (Å²) in [7, 11) is -2.50. The number of hydrogen-bond donors (Lipinski definition) is 0. The summed E-state index contributed by atoms with van der Waals surface area (Å²) < 4.78 is 30.1. The lowest BCUT2D eigenvalue weighted by atomic mass is 9.82. The number of ketones is 1. The van der Waals surface area contributed by atoms with E-state index < -0.39 is 36.3 Å². The topological polar surface area (TPSA) is 80.8 Å². The molecule has 2 rings (SSSR count). The summed E-state index contributed by atoms with van der Waals surface area (Å²) >= 11 is 3.19. The molecule has 1 amide bonds. The summed E-state index contributed by atoms with van der Waals surface area (Å²) in [6.07, 6.45) is 1.51. The molecule has 1 saturated heterocycles. The van der Waals surface area contributed by atoms with Crippen molar-refractivity contribution in [2.45, 2.75) is 49.2 Å². The van der Waals surface area contributed by atoms with Crippen molar-refractivity contribution in [2.24, 2.45) is 5.41 Å². The van der Waals surface area contributed by atoms with Crippen molar-refractivity contribution in [1.82, 2.24) is 4.90 Å². The Labute approximate surface area is 151 Å². The van der Waals surface area contributed by atoms with E-state index in [0.29, 0.717) is 5.57 Å². The molecule has 134 valence electrons. The summed E-state index contributed by atoms with van der Waals surface area (Å²) in [5.41, 5.74) is -1.82.